The Morgan fingerprint density at radius 2 is 1.89 bits per heavy atom. The molecule has 18 heavy (non-hydrogen) atoms. The van der Waals surface area contributed by atoms with Gasteiger partial charge >= 0.3 is 0 Å². The van der Waals surface area contributed by atoms with Gasteiger partial charge in [0.2, 0.25) is 0 Å². The Labute approximate surface area is 112 Å². The Hall–Kier alpha value is -0.860. The molecule has 1 unspecified atom stereocenters. The summed E-state index contributed by atoms with van der Waals surface area (Å²) in [5, 5.41) is 3.57. The Morgan fingerprint density at radius 1 is 1.22 bits per heavy atom. The minimum Gasteiger partial charge on any atom is -0.383 e. The third-order valence-electron chi connectivity index (χ3n) is 3.12. The molecule has 2 heteroatoms. The first-order chi connectivity index (χ1) is 8.50. The molecule has 0 spiro atoms. The van der Waals surface area contributed by atoms with Gasteiger partial charge in [-0.2, -0.15) is 0 Å². The first-order valence-corrected chi connectivity index (χ1v) is 6.82. The molecular weight excluding hydrogens is 222 g/mol. The lowest BCUT2D eigenvalue weighted by atomic mass is 9.82. The molecule has 1 aromatic carbocycles. The number of rotatable bonds is 6. The van der Waals surface area contributed by atoms with Gasteiger partial charge in [0.1, 0.15) is 0 Å². The van der Waals surface area contributed by atoms with Gasteiger partial charge in [-0.05, 0) is 29.5 Å². The monoisotopic (exact) mass is 249 g/mol. The molecule has 0 saturated carbocycles. The predicted molar refractivity (Wildman–Crippen MR) is 78.1 cm³/mol. The normalized spacial score (nSPS) is 13.6. The average molecular weight is 249 g/mol. The molecule has 1 rings (SSSR count). The van der Waals surface area contributed by atoms with Crippen molar-refractivity contribution in [3.05, 3.63) is 35.4 Å². The molecule has 0 radical (unpaired) electrons. The van der Waals surface area contributed by atoms with Crippen LogP contribution in [0.2, 0.25) is 0 Å². The SMILES string of the molecule is CCCNC(COC)c1ccccc1C(C)(C)C. The summed E-state index contributed by atoms with van der Waals surface area (Å²) >= 11 is 0. The number of methoxy groups -OCH3 is 1. The van der Waals surface area contributed by atoms with Crippen molar-refractivity contribution < 1.29 is 4.74 Å². The van der Waals surface area contributed by atoms with Crippen LogP contribution in [0.25, 0.3) is 0 Å². The van der Waals surface area contributed by atoms with Gasteiger partial charge < -0.3 is 10.1 Å². The molecule has 0 aliphatic carbocycles. The average Bonchev–Trinajstić information content (AvgIpc) is 2.33. The van der Waals surface area contributed by atoms with Crippen LogP contribution in [0.3, 0.4) is 0 Å². The number of nitrogens with one attached hydrogen (secondary N) is 1. The third-order valence-corrected chi connectivity index (χ3v) is 3.12. The van der Waals surface area contributed by atoms with Gasteiger partial charge in [-0.15, -0.1) is 0 Å². The largest absolute Gasteiger partial charge is 0.383 e. The predicted octanol–water partition coefficient (Wildman–Crippen LogP) is 3.67. The molecule has 1 aromatic rings. The highest BCUT2D eigenvalue weighted by molar-refractivity contribution is 5.35. The molecule has 0 amide bonds. The van der Waals surface area contributed by atoms with Crippen molar-refractivity contribution in [1.82, 2.24) is 5.32 Å². The molecule has 0 saturated heterocycles. The standard InChI is InChI=1S/C16H27NO/c1-6-11-17-15(12-18-5)13-9-7-8-10-14(13)16(2,3)4/h7-10,15,17H,6,11-12H2,1-5H3. The minimum absolute atomic E-state index is 0.163. The van der Waals surface area contributed by atoms with Crippen molar-refractivity contribution in [1.29, 1.82) is 0 Å². The van der Waals surface area contributed by atoms with Crippen molar-refractivity contribution in [3.63, 3.8) is 0 Å². The maximum Gasteiger partial charge on any atom is 0.0657 e. The molecule has 2 nitrogen and oxygen atoms in total. The summed E-state index contributed by atoms with van der Waals surface area (Å²) in [6, 6.07) is 8.96. The Balaban J connectivity index is 3.03. The number of hydrogen-bond acceptors (Lipinski definition) is 2. The van der Waals surface area contributed by atoms with Crippen molar-refractivity contribution in [2.45, 2.75) is 45.6 Å². The molecule has 0 fully saturated rings. The van der Waals surface area contributed by atoms with Crippen LogP contribution in [0.15, 0.2) is 24.3 Å². The van der Waals surface area contributed by atoms with Crippen LogP contribution < -0.4 is 5.32 Å². The van der Waals surface area contributed by atoms with E-state index >= 15 is 0 Å². The maximum absolute atomic E-state index is 5.36. The number of benzene rings is 1. The summed E-state index contributed by atoms with van der Waals surface area (Å²) in [5.41, 5.74) is 2.92. The second kappa shape index (κ2) is 6.91. The number of hydrogen-bond donors (Lipinski definition) is 1. The van der Waals surface area contributed by atoms with Gasteiger partial charge in [0.05, 0.1) is 12.6 Å². The quantitative estimate of drug-likeness (QED) is 0.830. The van der Waals surface area contributed by atoms with Crippen molar-refractivity contribution in [2.75, 3.05) is 20.3 Å². The van der Waals surface area contributed by atoms with Crippen LogP contribution >= 0.6 is 0 Å². The zero-order valence-corrected chi connectivity index (χ0v) is 12.4. The lowest BCUT2D eigenvalue weighted by Gasteiger charge is -2.28. The Morgan fingerprint density at radius 3 is 2.44 bits per heavy atom. The number of ether oxygens (including phenoxy) is 1. The van der Waals surface area contributed by atoms with Gasteiger partial charge in [0, 0.05) is 7.11 Å². The van der Waals surface area contributed by atoms with Crippen LogP contribution in [0.5, 0.6) is 0 Å². The van der Waals surface area contributed by atoms with Gasteiger partial charge in [0.25, 0.3) is 0 Å². The van der Waals surface area contributed by atoms with Gasteiger partial charge in [-0.1, -0.05) is 52.0 Å². The minimum atomic E-state index is 0.163. The zero-order chi connectivity index (χ0) is 13.6. The smallest absolute Gasteiger partial charge is 0.0657 e. The van der Waals surface area contributed by atoms with E-state index in [1.54, 1.807) is 7.11 Å². The van der Waals surface area contributed by atoms with Gasteiger partial charge in [-0.3, -0.25) is 0 Å². The summed E-state index contributed by atoms with van der Waals surface area (Å²) in [6.07, 6.45) is 1.14. The summed E-state index contributed by atoms with van der Waals surface area (Å²) in [7, 11) is 1.76. The highest BCUT2D eigenvalue weighted by atomic mass is 16.5. The van der Waals surface area contributed by atoms with Crippen molar-refractivity contribution >= 4 is 0 Å². The van der Waals surface area contributed by atoms with Crippen LogP contribution in [-0.4, -0.2) is 20.3 Å². The second-order valence-corrected chi connectivity index (χ2v) is 5.80. The highest BCUT2D eigenvalue weighted by Gasteiger charge is 2.21. The molecule has 102 valence electrons. The molecule has 1 atom stereocenters. The molecule has 0 bridgehead atoms. The fraction of sp³-hybridized carbons (Fsp3) is 0.625. The van der Waals surface area contributed by atoms with E-state index in [2.05, 4.69) is 57.3 Å². The van der Waals surface area contributed by atoms with Crippen LogP contribution in [0, 0.1) is 0 Å². The molecule has 0 aromatic heterocycles. The zero-order valence-electron chi connectivity index (χ0n) is 12.4. The molecule has 0 aliphatic rings. The fourth-order valence-electron chi connectivity index (χ4n) is 2.23. The van der Waals surface area contributed by atoms with E-state index in [1.165, 1.54) is 11.1 Å². The first-order valence-electron chi connectivity index (χ1n) is 6.82. The fourth-order valence-corrected chi connectivity index (χ4v) is 2.23. The van der Waals surface area contributed by atoms with E-state index in [1.807, 2.05) is 0 Å². The molecule has 0 heterocycles. The lowest BCUT2D eigenvalue weighted by molar-refractivity contribution is 0.166. The van der Waals surface area contributed by atoms with E-state index in [0.29, 0.717) is 6.61 Å². The Bertz CT molecular complexity index is 354. The lowest BCUT2D eigenvalue weighted by Crippen LogP contribution is -2.28. The maximum atomic E-state index is 5.36. The van der Waals surface area contributed by atoms with E-state index in [4.69, 9.17) is 4.74 Å². The summed E-state index contributed by atoms with van der Waals surface area (Å²) in [4.78, 5) is 0. The molecular formula is C16H27NO. The van der Waals surface area contributed by atoms with E-state index in [0.717, 1.165) is 13.0 Å². The summed E-state index contributed by atoms with van der Waals surface area (Å²) < 4.78 is 5.36. The van der Waals surface area contributed by atoms with E-state index in [-0.39, 0.29) is 11.5 Å². The van der Waals surface area contributed by atoms with E-state index < -0.39 is 0 Å². The molecule has 0 aliphatic heterocycles. The third kappa shape index (κ3) is 4.11. The topological polar surface area (TPSA) is 21.3 Å². The van der Waals surface area contributed by atoms with Gasteiger partial charge in [0.15, 0.2) is 0 Å². The Kier molecular flexibility index (Phi) is 5.83. The van der Waals surface area contributed by atoms with Crippen LogP contribution in [-0.2, 0) is 10.2 Å². The van der Waals surface area contributed by atoms with Crippen LogP contribution in [0.4, 0.5) is 0 Å². The second-order valence-electron chi connectivity index (χ2n) is 5.80. The summed E-state index contributed by atoms with van der Waals surface area (Å²) in [6.45, 7) is 10.7. The van der Waals surface area contributed by atoms with Crippen molar-refractivity contribution in [3.8, 4) is 0 Å². The van der Waals surface area contributed by atoms with Crippen LogP contribution in [0.1, 0.15) is 51.3 Å². The van der Waals surface area contributed by atoms with Gasteiger partial charge in [-0.25, -0.2) is 0 Å². The molecule has 1 N–H and O–H groups in total. The van der Waals surface area contributed by atoms with E-state index in [9.17, 15) is 0 Å². The summed E-state index contributed by atoms with van der Waals surface area (Å²) in [5.74, 6) is 0. The highest BCUT2D eigenvalue weighted by Crippen LogP contribution is 2.29. The first kappa shape index (κ1) is 15.2. The van der Waals surface area contributed by atoms with Crippen molar-refractivity contribution in [2.24, 2.45) is 0 Å².